The number of rotatable bonds is 3. The lowest BCUT2D eigenvalue weighted by atomic mass is 10.2. The summed E-state index contributed by atoms with van der Waals surface area (Å²) in [6, 6.07) is 3.64. The van der Waals surface area contributed by atoms with Crippen LogP contribution in [-0.4, -0.2) is 6.54 Å². The van der Waals surface area contributed by atoms with Crippen molar-refractivity contribution in [2.24, 2.45) is 11.5 Å². The summed E-state index contributed by atoms with van der Waals surface area (Å²) in [6.07, 6.45) is 2.39. The van der Waals surface area contributed by atoms with E-state index in [4.69, 9.17) is 15.9 Å². The molecule has 3 heteroatoms. The molecule has 0 saturated carbocycles. The Labute approximate surface area is 60.0 Å². The summed E-state index contributed by atoms with van der Waals surface area (Å²) in [7, 11) is 0. The summed E-state index contributed by atoms with van der Waals surface area (Å²) in [5.74, 6) is 0.811. The fourth-order valence-electron chi connectivity index (χ4n) is 0.824. The topological polar surface area (TPSA) is 65.2 Å². The monoisotopic (exact) mass is 140 g/mol. The lowest BCUT2D eigenvalue weighted by Crippen LogP contribution is -2.14. The molecule has 0 radical (unpaired) electrons. The van der Waals surface area contributed by atoms with Crippen molar-refractivity contribution in [1.29, 1.82) is 0 Å². The minimum absolute atomic E-state index is 0.0417. The van der Waals surface area contributed by atoms with Gasteiger partial charge in [-0.1, -0.05) is 0 Å². The summed E-state index contributed by atoms with van der Waals surface area (Å²) in [5.41, 5.74) is 11.0. The highest BCUT2D eigenvalue weighted by molar-refractivity contribution is 5.03. The molecule has 1 atom stereocenters. The zero-order chi connectivity index (χ0) is 7.40. The number of furan rings is 1. The van der Waals surface area contributed by atoms with Crippen molar-refractivity contribution in [3.63, 3.8) is 0 Å². The first kappa shape index (κ1) is 7.31. The Balaban J connectivity index is 2.50. The zero-order valence-electron chi connectivity index (χ0n) is 5.79. The van der Waals surface area contributed by atoms with E-state index in [9.17, 15) is 0 Å². The van der Waals surface area contributed by atoms with Crippen LogP contribution in [0.15, 0.2) is 22.8 Å². The fourth-order valence-corrected chi connectivity index (χ4v) is 0.824. The van der Waals surface area contributed by atoms with Gasteiger partial charge in [0.05, 0.1) is 12.3 Å². The van der Waals surface area contributed by atoms with Gasteiger partial charge in [0, 0.05) is 0 Å². The zero-order valence-corrected chi connectivity index (χ0v) is 5.79. The molecule has 0 spiro atoms. The molecule has 0 aromatic carbocycles. The average molecular weight is 140 g/mol. The third-order valence-corrected chi connectivity index (χ3v) is 1.39. The van der Waals surface area contributed by atoms with Crippen molar-refractivity contribution < 1.29 is 4.42 Å². The molecule has 0 aliphatic heterocycles. The van der Waals surface area contributed by atoms with Crippen LogP contribution < -0.4 is 11.5 Å². The predicted molar refractivity (Wildman–Crippen MR) is 39.3 cm³/mol. The van der Waals surface area contributed by atoms with Crippen molar-refractivity contribution >= 4 is 0 Å². The molecule has 0 aliphatic carbocycles. The Bertz CT molecular complexity index is 172. The van der Waals surface area contributed by atoms with Crippen LogP contribution in [0.1, 0.15) is 18.2 Å². The van der Waals surface area contributed by atoms with E-state index in [1.54, 1.807) is 6.26 Å². The Kier molecular flexibility index (Phi) is 2.48. The molecule has 3 nitrogen and oxygen atoms in total. The van der Waals surface area contributed by atoms with E-state index in [-0.39, 0.29) is 6.04 Å². The number of nitrogens with two attached hydrogens (primary N) is 2. The van der Waals surface area contributed by atoms with E-state index in [0.29, 0.717) is 6.54 Å². The number of hydrogen-bond donors (Lipinski definition) is 2. The lowest BCUT2D eigenvalue weighted by molar-refractivity contribution is 0.455. The maximum Gasteiger partial charge on any atom is 0.120 e. The second kappa shape index (κ2) is 3.39. The first-order valence-corrected chi connectivity index (χ1v) is 3.33. The van der Waals surface area contributed by atoms with Gasteiger partial charge in [-0.05, 0) is 25.1 Å². The van der Waals surface area contributed by atoms with Crippen molar-refractivity contribution in [1.82, 2.24) is 0 Å². The van der Waals surface area contributed by atoms with Crippen molar-refractivity contribution in [2.75, 3.05) is 6.54 Å². The largest absolute Gasteiger partial charge is 0.468 e. The molecule has 1 heterocycles. The van der Waals surface area contributed by atoms with Gasteiger partial charge in [0.25, 0.3) is 0 Å². The van der Waals surface area contributed by atoms with Crippen LogP contribution in [0.3, 0.4) is 0 Å². The third kappa shape index (κ3) is 1.59. The standard InChI is InChI=1S/C7H12N2O/c8-4-3-6(9)7-2-1-5-10-7/h1-2,5-6H,3-4,8-9H2/t6-/m1/s1. The van der Waals surface area contributed by atoms with Crippen LogP contribution >= 0.6 is 0 Å². The van der Waals surface area contributed by atoms with Gasteiger partial charge in [0.2, 0.25) is 0 Å². The normalized spacial score (nSPS) is 13.4. The molecule has 0 unspecified atom stereocenters. The van der Waals surface area contributed by atoms with E-state index in [1.165, 1.54) is 0 Å². The van der Waals surface area contributed by atoms with Crippen molar-refractivity contribution in [2.45, 2.75) is 12.5 Å². The van der Waals surface area contributed by atoms with Crippen LogP contribution in [0.25, 0.3) is 0 Å². The van der Waals surface area contributed by atoms with Gasteiger partial charge in [0.1, 0.15) is 5.76 Å². The van der Waals surface area contributed by atoms with Gasteiger partial charge >= 0.3 is 0 Å². The molecule has 1 aromatic rings. The smallest absolute Gasteiger partial charge is 0.120 e. The molecule has 10 heavy (non-hydrogen) atoms. The first-order chi connectivity index (χ1) is 4.84. The summed E-state index contributed by atoms with van der Waals surface area (Å²) < 4.78 is 5.07. The van der Waals surface area contributed by atoms with E-state index in [1.807, 2.05) is 12.1 Å². The minimum atomic E-state index is -0.0417. The van der Waals surface area contributed by atoms with Gasteiger partial charge < -0.3 is 15.9 Å². The van der Waals surface area contributed by atoms with Gasteiger partial charge in [-0.3, -0.25) is 0 Å². The van der Waals surface area contributed by atoms with Crippen LogP contribution in [0, 0.1) is 0 Å². The van der Waals surface area contributed by atoms with Crippen LogP contribution in [0.5, 0.6) is 0 Å². The second-order valence-electron chi connectivity index (χ2n) is 2.20. The van der Waals surface area contributed by atoms with Gasteiger partial charge in [-0.15, -0.1) is 0 Å². The summed E-state index contributed by atoms with van der Waals surface area (Å²) in [6.45, 7) is 0.599. The Hall–Kier alpha value is -0.800. The van der Waals surface area contributed by atoms with Crippen molar-refractivity contribution in [3.8, 4) is 0 Å². The molecule has 4 N–H and O–H groups in total. The van der Waals surface area contributed by atoms with Gasteiger partial charge in [-0.25, -0.2) is 0 Å². The Morgan fingerprint density at radius 1 is 1.60 bits per heavy atom. The predicted octanol–water partition coefficient (Wildman–Crippen LogP) is 0.628. The molecular weight excluding hydrogens is 128 g/mol. The minimum Gasteiger partial charge on any atom is -0.468 e. The fraction of sp³-hybridized carbons (Fsp3) is 0.429. The van der Waals surface area contributed by atoms with E-state index >= 15 is 0 Å². The van der Waals surface area contributed by atoms with E-state index < -0.39 is 0 Å². The summed E-state index contributed by atoms with van der Waals surface area (Å²) >= 11 is 0. The van der Waals surface area contributed by atoms with Crippen LogP contribution in [0.2, 0.25) is 0 Å². The maximum absolute atomic E-state index is 5.68. The average Bonchev–Trinajstić information content (AvgIpc) is 2.38. The highest BCUT2D eigenvalue weighted by atomic mass is 16.3. The molecule has 0 saturated heterocycles. The number of hydrogen-bond acceptors (Lipinski definition) is 3. The highest BCUT2D eigenvalue weighted by Gasteiger charge is 2.05. The van der Waals surface area contributed by atoms with Crippen LogP contribution in [-0.2, 0) is 0 Å². The molecule has 0 amide bonds. The van der Waals surface area contributed by atoms with Crippen molar-refractivity contribution in [3.05, 3.63) is 24.2 Å². The Morgan fingerprint density at radius 3 is 2.90 bits per heavy atom. The maximum atomic E-state index is 5.68. The molecule has 56 valence electrons. The first-order valence-electron chi connectivity index (χ1n) is 3.33. The van der Waals surface area contributed by atoms with Gasteiger partial charge in [0.15, 0.2) is 0 Å². The van der Waals surface area contributed by atoms with Crippen LogP contribution in [0.4, 0.5) is 0 Å². The highest BCUT2D eigenvalue weighted by Crippen LogP contribution is 2.12. The molecule has 1 aromatic heterocycles. The lowest BCUT2D eigenvalue weighted by Gasteiger charge is -2.04. The summed E-state index contributed by atoms with van der Waals surface area (Å²) in [5, 5.41) is 0. The van der Waals surface area contributed by atoms with E-state index in [2.05, 4.69) is 0 Å². The molecule has 0 bridgehead atoms. The molecule has 0 fully saturated rings. The quantitative estimate of drug-likeness (QED) is 0.647. The summed E-state index contributed by atoms with van der Waals surface area (Å²) in [4.78, 5) is 0. The second-order valence-corrected chi connectivity index (χ2v) is 2.20. The van der Waals surface area contributed by atoms with Gasteiger partial charge in [-0.2, -0.15) is 0 Å². The molecule has 1 rings (SSSR count). The Morgan fingerprint density at radius 2 is 2.40 bits per heavy atom. The SMILES string of the molecule is NCC[C@@H](N)c1ccco1. The third-order valence-electron chi connectivity index (χ3n) is 1.39. The molecular formula is C7H12N2O. The molecule has 0 aliphatic rings. The van der Waals surface area contributed by atoms with E-state index in [0.717, 1.165) is 12.2 Å².